The van der Waals surface area contributed by atoms with Crippen LogP contribution < -0.4 is 5.32 Å². The maximum atomic E-state index is 12.4. The third-order valence-electron chi connectivity index (χ3n) is 3.65. The number of nitrogens with zero attached hydrogens (tertiary/aromatic N) is 1. The third-order valence-corrected chi connectivity index (χ3v) is 3.65. The fraction of sp³-hybridized carbons (Fsp3) is 0.353. The Balaban J connectivity index is 1.59. The fourth-order valence-electron chi connectivity index (χ4n) is 2.38. The van der Waals surface area contributed by atoms with E-state index in [1.165, 1.54) is 0 Å². The number of anilines is 1. The van der Waals surface area contributed by atoms with Gasteiger partial charge in [0.2, 0.25) is 5.91 Å². The van der Waals surface area contributed by atoms with Gasteiger partial charge in [0.25, 0.3) is 0 Å². The lowest BCUT2D eigenvalue weighted by Crippen LogP contribution is -2.36. The molecule has 4 heteroatoms. The van der Waals surface area contributed by atoms with Crippen LogP contribution in [0.15, 0.2) is 46.9 Å². The lowest BCUT2D eigenvalue weighted by atomic mass is 10.3. The summed E-state index contributed by atoms with van der Waals surface area (Å²) in [6.07, 6.45) is 2.19. The fourth-order valence-corrected chi connectivity index (χ4v) is 2.38. The molecule has 21 heavy (non-hydrogen) atoms. The van der Waals surface area contributed by atoms with Crippen LogP contribution in [0.1, 0.15) is 24.4 Å². The van der Waals surface area contributed by atoms with Crippen LogP contribution in [0.3, 0.4) is 0 Å². The van der Waals surface area contributed by atoms with Gasteiger partial charge in [-0.2, -0.15) is 0 Å². The van der Waals surface area contributed by atoms with Gasteiger partial charge in [-0.1, -0.05) is 18.2 Å². The summed E-state index contributed by atoms with van der Waals surface area (Å²) in [7, 11) is 0. The Morgan fingerprint density at radius 3 is 2.62 bits per heavy atom. The molecule has 0 unspecified atom stereocenters. The topological polar surface area (TPSA) is 45.5 Å². The normalized spacial score (nSPS) is 14.0. The van der Waals surface area contributed by atoms with Crippen molar-refractivity contribution in [1.82, 2.24) is 4.90 Å². The van der Waals surface area contributed by atoms with Crippen LogP contribution in [-0.2, 0) is 11.3 Å². The first-order valence-electron chi connectivity index (χ1n) is 7.36. The number of nitrogens with one attached hydrogen (secondary N) is 1. The highest BCUT2D eigenvalue weighted by Crippen LogP contribution is 2.28. The molecule has 0 bridgehead atoms. The lowest BCUT2D eigenvalue weighted by Gasteiger charge is -2.21. The van der Waals surface area contributed by atoms with Gasteiger partial charge >= 0.3 is 0 Å². The van der Waals surface area contributed by atoms with Gasteiger partial charge in [-0.15, -0.1) is 0 Å². The number of hydrogen-bond acceptors (Lipinski definition) is 3. The molecule has 1 amide bonds. The highest BCUT2D eigenvalue weighted by molar-refractivity contribution is 5.81. The SMILES string of the molecule is Cc1ccc(CN(C(=O)CNc2ccccc2)C2CC2)o1. The van der Waals surface area contributed by atoms with Gasteiger partial charge < -0.3 is 14.6 Å². The summed E-state index contributed by atoms with van der Waals surface area (Å²) in [6, 6.07) is 14.1. The Kier molecular flexibility index (Phi) is 3.95. The largest absolute Gasteiger partial charge is 0.464 e. The van der Waals surface area contributed by atoms with Crippen LogP contribution in [0.4, 0.5) is 5.69 Å². The van der Waals surface area contributed by atoms with E-state index >= 15 is 0 Å². The zero-order valence-corrected chi connectivity index (χ0v) is 12.2. The Hall–Kier alpha value is -2.23. The zero-order valence-electron chi connectivity index (χ0n) is 12.2. The van der Waals surface area contributed by atoms with E-state index in [9.17, 15) is 4.79 Å². The van der Waals surface area contributed by atoms with Gasteiger partial charge in [0.05, 0.1) is 13.1 Å². The van der Waals surface area contributed by atoms with Gasteiger partial charge in [0, 0.05) is 11.7 Å². The molecular formula is C17H20N2O2. The second kappa shape index (κ2) is 6.04. The van der Waals surface area contributed by atoms with Crippen LogP contribution in [0.25, 0.3) is 0 Å². The average Bonchev–Trinajstić information content (AvgIpc) is 3.26. The summed E-state index contributed by atoms with van der Waals surface area (Å²) in [4.78, 5) is 14.4. The maximum Gasteiger partial charge on any atom is 0.242 e. The Bertz CT molecular complexity index is 602. The van der Waals surface area contributed by atoms with Crippen molar-refractivity contribution in [2.75, 3.05) is 11.9 Å². The van der Waals surface area contributed by atoms with Crippen molar-refractivity contribution in [2.45, 2.75) is 32.4 Å². The third kappa shape index (κ3) is 3.66. The smallest absolute Gasteiger partial charge is 0.242 e. The molecule has 1 aromatic carbocycles. The zero-order chi connectivity index (χ0) is 14.7. The monoisotopic (exact) mass is 284 g/mol. The molecule has 4 nitrogen and oxygen atoms in total. The molecule has 0 aliphatic heterocycles. The van der Waals surface area contributed by atoms with E-state index < -0.39 is 0 Å². The summed E-state index contributed by atoms with van der Waals surface area (Å²) in [5, 5.41) is 3.18. The summed E-state index contributed by atoms with van der Waals surface area (Å²) in [6.45, 7) is 2.80. The molecule has 2 aromatic rings. The molecule has 110 valence electrons. The first-order chi connectivity index (χ1) is 10.2. The first-order valence-corrected chi connectivity index (χ1v) is 7.36. The molecule has 1 aliphatic rings. The van der Waals surface area contributed by atoms with E-state index in [1.54, 1.807) is 0 Å². The predicted octanol–water partition coefficient (Wildman–Crippen LogP) is 3.19. The lowest BCUT2D eigenvalue weighted by molar-refractivity contribution is -0.130. The molecule has 0 atom stereocenters. The Labute approximate surface area is 124 Å². The minimum Gasteiger partial charge on any atom is -0.464 e. The summed E-state index contributed by atoms with van der Waals surface area (Å²) in [5.41, 5.74) is 0.968. The highest BCUT2D eigenvalue weighted by atomic mass is 16.3. The quantitative estimate of drug-likeness (QED) is 0.886. The van der Waals surface area contributed by atoms with Crippen molar-refractivity contribution in [3.63, 3.8) is 0 Å². The molecule has 1 N–H and O–H groups in total. The van der Waals surface area contributed by atoms with Gasteiger partial charge in [-0.3, -0.25) is 4.79 Å². The van der Waals surface area contributed by atoms with Crippen LogP contribution in [0, 0.1) is 6.92 Å². The first kappa shape index (κ1) is 13.7. The molecule has 1 saturated carbocycles. The van der Waals surface area contributed by atoms with E-state index in [1.807, 2.05) is 54.3 Å². The standard InChI is InChI=1S/C17H20N2O2/c1-13-7-10-16(21-13)12-19(15-8-9-15)17(20)11-18-14-5-3-2-4-6-14/h2-7,10,15,18H,8-9,11-12H2,1H3. The number of carbonyl (C=O) groups excluding carboxylic acids is 1. The molecule has 3 rings (SSSR count). The average molecular weight is 284 g/mol. The Morgan fingerprint density at radius 1 is 1.24 bits per heavy atom. The number of para-hydroxylation sites is 1. The van der Waals surface area contributed by atoms with Crippen molar-refractivity contribution >= 4 is 11.6 Å². The number of furan rings is 1. The van der Waals surface area contributed by atoms with Crippen LogP contribution in [-0.4, -0.2) is 23.4 Å². The van der Waals surface area contributed by atoms with E-state index in [-0.39, 0.29) is 5.91 Å². The molecule has 0 saturated heterocycles. The molecule has 1 fully saturated rings. The van der Waals surface area contributed by atoms with Crippen LogP contribution >= 0.6 is 0 Å². The second-order valence-corrected chi connectivity index (χ2v) is 5.48. The number of rotatable bonds is 6. The Morgan fingerprint density at radius 2 is 2.00 bits per heavy atom. The van der Waals surface area contributed by atoms with Crippen LogP contribution in [0.5, 0.6) is 0 Å². The van der Waals surface area contributed by atoms with E-state index in [2.05, 4.69) is 5.32 Å². The van der Waals surface area contributed by atoms with Gasteiger partial charge in [0.1, 0.15) is 11.5 Å². The summed E-state index contributed by atoms with van der Waals surface area (Å²) in [5.74, 6) is 1.86. The van der Waals surface area contributed by atoms with Crippen molar-refractivity contribution in [3.05, 3.63) is 54.0 Å². The van der Waals surface area contributed by atoms with Crippen LogP contribution in [0.2, 0.25) is 0 Å². The summed E-state index contributed by atoms with van der Waals surface area (Å²) < 4.78 is 5.59. The van der Waals surface area contributed by atoms with E-state index in [0.717, 1.165) is 30.0 Å². The van der Waals surface area contributed by atoms with Crippen molar-refractivity contribution in [2.24, 2.45) is 0 Å². The maximum absolute atomic E-state index is 12.4. The molecule has 0 spiro atoms. The minimum absolute atomic E-state index is 0.121. The number of aryl methyl sites for hydroxylation is 1. The molecule has 1 heterocycles. The number of carbonyl (C=O) groups is 1. The number of amides is 1. The predicted molar refractivity (Wildman–Crippen MR) is 81.9 cm³/mol. The molecule has 1 aliphatic carbocycles. The van der Waals surface area contributed by atoms with E-state index in [0.29, 0.717) is 19.1 Å². The minimum atomic E-state index is 0.121. The van der Waals surface area contributed by atoms with E-state index in [4.69, 9.17) is 4.42 Å². The van der Waals surface area contributed by atoms with Crippen molar-refractivity contribution in [3.8, 4) is 0 Å². The molecule has 1 aromatic heterocycles. The second-order valence-electron chi connectivity index (χ2n) is 5.48. The molecular weight excluding hydrogens is 264 g/mol. The van der Waals surface area contributed by atoms with Crippen molar-refractivity contribution < 1.29 is 9.21 Å². The summed E-state index contributed by atoms with van der Waals surface area (Å²) >= 11 is 0. The number of hydrogen-bond donors (Lipinski definition) is 1. The highest BCUT2D eigenvalue weighted by Gasteiger charge is 2.32. The number of benzene rings is 1. The van der Waals surface area contributed by atoms with Gasteiger partial charge in [0.15, 0.2) is 0 Å². The van der Waals surface area contributed by atoms with Gasteiger partial charge in [-0.25, -0.2) is 0 Å². The molecule has 0 radical (unpaired) electrons. The van der Waals surface area contributed by atoms with Gasteiger partial charge in [-0.05, 0) is 44.0 Å². The van der Waals surface area contributed by atoms with Crippen molar-refractivity contribution in [1.29, 1.82) is 0 Å².